The zero-order valence-corrected chi connectivity index (χ0v) is 13.9. The number of aliphatic hydroxyl groups is 1. The molecule has 2 rings (SSSR count). The van der Waals surface area contributed by atoms with Gasteiger partial charge in [0.15, 0.2) is 0 Å². The number of aromatic hydroxyl groups is 1. The van der Waals surface area contributed by atoms with E-state index in [2.05, 4.69) is 5.10 Å². The molecule has 0 fully saturated rings. The first-order valence-electron chi connectivity index (χ1n) is 7.79. The predicted molar refractivity (Wildman–Crippen MR) is 94.0 cm³/mol. The number of carbonyl (C=O) groups excluding carboxylic acids is 1. The number of phenols is 1. The van der Waals surface area contributed by atoms with Gasteiger partial charge in [-0.2, -0.15) is 5.10 Å². The van der Waals surface area contributed by atoms with Gasteiger partial charge in [-0.3, -0.25) is 4.79 Å². The first kappa shape index (κ1) is 17.7. The van der Waals surface area contributed by atoms with Crippen molar-refractivity contribution in [3.63, 3.8) is 0 Å². The van der Waals surface area contributed by atoms with E-state index in [4.69, 9.17) is 0 Å². The molecule has 24 heavy (non-hydrogen) atoms. The fourth-order valence-corrected chi connectivity index (χ4v) is 2.44. The second-order valence-electron chi connectivity index (χ2n) is 5.66. The Morgan fingerprint density at radius 3 is 2.38 bits per heavy atom. The zero-order valence-electron chi connectivity index (χ0n) is 13.9. The van der Waals surface area contributed by atoms with Crippen LogP contribution in [0.25, 0.3) is 0 Å². The van der Waals surface area contributed by atoms with Gasteiger partial charge in [0.25, 0.3) is 5.91 Å². The highest BCUT2D eigenvalue weighted by atomic mass is 16.3. The molecule has 0 bridgehead atoms. The number of aliphatic hydroxyl groups excluding tert-OH is 1. The van der Waals surface area contributed by atoms with Crippen molar-refractivity contribution in [3.8, 4) is 5.75 Å². The van der Waals surface area contributed by atoms with Crippen LogP contribution < -0.4 is 0 Å². The number of hydrazone groups is 1. The van der Waals surface area contributed by atoms with Gasteiger partial charge in [0.05, 0.1) is 12.2 Å². The van der Waals surface area contributed by atoms with Crippen LogP contribution in [-0.4, -0.2) is 40.5 Å². The summed E-state index contributed by atoms with van der Waals surface area (Å²) >= 11 is 0. The number of para-hydroxylation sites is 1. The molecule has 2 aromatic carbocycles. The molecule has 1 amide bonds. The van der Waals surface area contributed by atoms with Gasteiger partial charge in [0, 0.05) is 18.7 Å². The lowest BCUT2D eigenvalue weighted by molar-refractivity contribution is 0.0794. The fraction of sp³-hybridized carbons (Fsp3) is 0.263. The second kappa shape index (κ2) is 8.26. The van der Waals surface area contributed by atoms with E-state index < -0.39 is 5.91 Å². The minimum Gasteiger partial charge on any atom is -0.507 e. The van der Waals surface area contributed by atoms with Crippen molar-refractivity contribution >= 4 is 11.6 Å². The Kier molecular flexibility index (Phi) is 6.09. The Morgan fingerprint density at radius 2 is 1.75 bits per heavy atom. The summed E-state index contributed by atoms with van der Waals surface area (Å²) < 4.78 is 0. The molecule has 2 N–H and O–H groups in total. The average molecular weight is 326 g/mol. The molecule has 1 atom stereocenters. The molecule has 0 radical (unpaired) electrons. The van der Waals surface area contributed by atoms with Gasteiger partial charge in [-0.25, -0.2) is 5.01 Å². The van der Waals surface area contributed by atoms with Crippen LogP contribution >= 0.6 is 0 Å². The summed E-state index contributed by atoms with van der Waals surface area (Å²) in [6.07, 6.45) is 0.644. The fourth-order valence-electron chi connectivity index (χ4n) is 2.44. The Bertz CT molecular complexity index is 714. The van der Waals surface area contributed by atoms with Crippen LogP contribution in [0.1, 0.15) is 22.8 Å². The summed E-state index contributed by atoms with van der Waals surface area (Å²) in [6.45, 7) is 1.74. The topological polar surface area (TPSA) is 73.1 Å². The van der Waals surface area contributed by atoms with Gasteiger partial charge in [0.1, 0.15) is 5.75 Å². The predicted octanol–water partition coefficient (Wildman–Crippen LogP) is 2.69. The van der Waals surface area contributed by atoms with Crippen LogP contribution in [-0.2, 0) is 6.42 Å². The molecule has 0 aromatic heterocycles. The van der Waals surface area contributed by atoms with E-state index in [1.165, 1.54) is 18.1 Å². The van der Waals surface area contributed by atoms with E-state index in [1.807, 2.05) is 30.3 Å². The summed E-state index contributed by atoms with van der Waals surface area (Å²) in [4.78, 5) is 12.4. The molecule has 0 aliphatic rings. The number of amides is 1. The van der Waals surface area contributed by atoms with E-state index in [-0.39, 0.29) is 23.8 Å². The number of carbonyl (C=O) groups is 1. The molecule has 2 aromatic rings. The van der Waals surface area contributed by atoms with Gasteiger partial charge >= 0.3 is 0 Å². The highest BCUT2D eigenvalue weighted by Gasteiger charge is 2.18. The lowest BCUT2D eigenvalue weighted by atomic mass is 9.96. The SMILES string of the molecule is C/C(=N/N(C)C(=O)c1ccccc1O)C(CO)Cc1ccccc1. The number of nitrogens with zero attached hydrogens (tertiary/aromatic N) is 2. The van der Waals surface area contributed by atoms with Crippen molar-refractivity contribution in [2.24, 2.45) is 11.0 Å². The first-order valence-corrected chi connectivity index (χ1v) is 7.79. The minimum atomic E-state index is -0.399. The Balaban J connectivity index is 2.12. The lowest BCUT2D eigenvalue weighted by Gasteiger charge is -2.18. The number of benzene rings is 2. The minimum absolute atomic E-state index is 0.0527. The van der Waals surface area contributed by atoms with E-state index in [0.717, 1.165) is 5.56 Å². The summed E-state index contributed by atoms with van der Waals surface area (Å²) in [7, 11) is 1.54. The maximum absolute atomic E-state index is 12.4. The van der Waals surface area contributed by atoms with Crippen LogP contribution in [0.3, 0.4) is 0 Å². The molecule has 5 nitrogen and oxygen atoms in total. The van der Waals surface area contributed by atoms with Gasteiger partial charge in [-0.05, 0) is 31.0 Å². The summed E-state index contributed by atoms with van der Waals surface area (Å²) in [6, 6.07) is 16.2. The number of rotatable bonds is 6. The molecule has 5 heteroatoms. The van der Waals surface area contributed by atoms with Crippen molar-refractivity contribution in [1.82, 2.24) is 5.01 Å². The standard InChI is InChI=1S/C19H22N2O3/c1-14(16(13-22)12-15-8-4-3-5-9-15)20-21(2)19(24)17-10-6-7-11-18(17)23/h3-11,16,22-23H,12-13H2,1-2H3/b20-14-. The molecule has 0 heterocycles. The number of hydrogen-bond donors (Lipinski definition) is 2. The Labute approximate surface area is 141 Å². The quantitative estimate of drug-likeness (QED) is 0.633. The number of hydrogen-bond acceptors (Lipinski definition) is 4. The third-order valence-electron chi connectivity index (χ3n) is 3.87. The van der Waals surface area contributed by atoms with Crippen LogP contribution in [0.5, 0.6) is 5.75 Å². The third-order valence-corrected chi connectivity index (χ3v) is 3.87. The van der Waals surface area contributed by atoms with Gasteiger partial charge in [0.2, 0.25) is 0 Å². The molecule has 0 saturated carbocycles. The zero-order chi connectivity index (χ0) is 17.5. The van der Waals surface area contributed by atoms with Gasteiger partial charge < -0.3 is 10.2 Å². The lowest BCUT2D eigenvalue weighted by Crippen LogP contribution is -2.26. The van der Waals surface area contributed by atoms with Crippen LogP contribution in [0, 0.1) is 5.92 Å². The van der Waals surface area contributed by atoms with Crippen molar-refractivity contribution in [2.75, 3.05) is 13.7 Å². The molecule has 0 aliphatic heterocycles. The maximum atomic E-state index is 12.4. The highest BCUT2D eigenvalue weighted by Crippen LogP contribution is 2.18. The van der Waals surface area contributed by atoms with Crippen molar-refractivity contribution in [2.45, 2.75) is 13.3 Å². The molecule has 0 saturated heterocycles. The highest BCUT2D eigenvalue weighted by molar-refractivity contribution is 5.97. The summed E-state index contributed by atoms with van der Waals surface area (Å²) in [5.41, 5.74) is 1.95. The van der Waals surface area contributed by atoms with Crippen LogP contribution in [0.4, 0.5) is 0 Å². The molecule has 0 spiro atoms. The summed E-state index contributed by atoms with van der Waals surface area (Å²) in [5, 5.41) is 24.9. The van der Waals surface area contributed by atoms with E-state index in [0.29, 0.717) is 12.1 Å². The van der Waals surface area contributed by atoms with E-state index in [1.54, 1.807) is 25.1 Å². The monoisotopic (exact) mass is 326 g/mol. The van der Waals surface area contributed by atoms with E-state index >= 15 is 0 Å². The van der Waals surface area contributed by atoms with Crippen LogP contribution in [0.15, 0.2) is 59.7 Å². The smallest absolute Gasteiger partial charge is 0.277 e. The maximum Gasteiger partial charge on any atom is 0.277 e. The first-order chi connectivity index (χ1) is 11.5. The summed E-state index contributed by atoms with van der Waals surface area (Å²) in [5.74, 6) is -0.652. The average Bonchev–Trinajstić information content (AvgIpc) is 2.60. The molecule has 1 unspecified atom stereocenters. The third kappa shape index (κ3) is 4.43. The largest absolute Gasteiger partial charge is 0.507 e. The van der Waals surface area contributed by atoms with E-state index in [9.17, 15) is 15.0 Å². The van der Waals surface area contributed by atoms with Crippen LogP contribution in [0.2, 0.25) is 0 Å². The normalized spacial score (nSPS) is 12.7. The molecule has 126 valence electrons. The second-order valence-corrected chi connectivity index (χ2v) is 5.66. The molecule has 0 aliphatic carbocycles. The Morgan fingerprint density at radius 1 is 1.12 bits per heavy atom. The molecular weight excluding hydrogens is 304 g/mol. The Hall–Kier alpha value is -2.66. The van der Waals surface area contributed by atoms with Crippen molar-refractivity contribution < 1.29 is 15.0 Å². The van der Waals surface area contributed by atoms with Gasteiger partial charge in [-0.1, -0.05) is 42.5 Å². The number of phenolic OH excluding ortho intramolecular Hbond substituents is 1. The van der Waals surface area contributed by atoms with Crippen molar-refractivity contribution in [3.05, 3.63) is 65.7 Å². The van der Waals surface area contributed by atoms with Crippen molar-refractivity contribution in [1.29, 1.82) is 0 Å². The van der Waals surface area contributed by atoms with Gasteiger partial charge in [-0.15, -0.1) is 0 Å². The molecular formula is C19H22N2O3.